The van der Waals surface area contributed by atoms with E-state index in [1.807, 2.05) is 37.3 Å². The number of aromatic nitrogens is 2. The molecule has 2 aromatic rings. The molecule has 0 bridgehead atoms. The topological polar surface area (TPSA) is 64.2 Å². The number of halogens is 1. The number of para-hydroxylation sites is 1. The molecule has 22 heavy (non-hydrogen) atoms. The number of nitrogens with zero attached hydrogens (tertiary/aromatic N) is 3. The molecule has 1 atom stereocenters. The standard InChI is InChI=1S/C16H19ClN4O/c1-11-14(10-20-8-7-12(9-20)16(18)22)15(17)21(19-11)13-5-3-2-4-6-13/h2-6,12H,7-10H2,1H3,(H2,18,22). The van der Waals surface area contributed by atoms with Gasteiger partial charge in [0.15, 0.2) is 0 Å². The van der Waals surface area contributed by atoms with Gasteiger partial charge in [-0.2, -0.15) is 5.10 Å². The lowest BCUT2D eigenvalue weighted by Gasteiger charge is -2.15. The Labute approximate surface area is 134 Å². The zero-order valence-electron chi connectivity index (χ0n) is 12.5. The number of primary amides is 1. The van der Waals surface area contributed by atoms with E-state index in [0.29, 0.717) is 18.2 Å². The molecular formula is C16H19ClN4O. The van der Waals surface area contributed by atoms with E-state index in [2.05, 4.69) is 10.00 Å². The first-order valence-corrected chi connectivity index (χ1v) is 7.75. The number of hydrogen-bond donors (Lipinski definition) is 1. The van der Waals surface area contributed by atoms with E-state index >= 15 is 0 Å². The van der Waals surface area contributed by atoms with Crippen molar-refractivity contribution in [2.24, 2.45) is 11.7 Å². The van der Waals surface area contributed by atoms with Gasteiger partial charge >= 0.3 is 0 Å². The van der Waals surface area contributed by atoms with Gasteiger partial charge in [0, 0.05) is 18.7 Å². The molecule has 1 amide bonds. The smallest absolute Gasteiger partial charge is 0.221 e. The third kappa shape index (κ3) is 2.87. The Bertz CT molecular complexity index is 683. The van der Waals surface area contributed by atoms with Crippen LogP contribution < -0.4 is 5.73 Å². The van der Waals surface area contributed by atoms with Crippen LogP contribution in [0, 0.1) is 12.8 Å². The lowest BCUT2D eigenvalue weighted by atomic mass is 10.1. The fraction of sp³-hybridized carbons (Fsp3) is 0.375. The van der Waals surface area contributed by atoms with Gasteiger partial charge in [-0.1, -0.05) is 29.8 Å². The minimum Gasteiger partial charge on any atom is -0.369 e. The molecular weight excluding hydrogens is 300 g/mol. The van der Waals surface area contributed by atoms with Crippen molar-refractivity contribution >= 4 is 17.5 Å². The summed E-state index contributed by atoms with van der Waals surface area (Å²) in [5.74, 6) is -0.270. The Morgan fingerprint density at radius 3 is 2.77 bits per heavy atom. The molecule has 3 rings (SSSR count). The van der Waals surface area contributed by atoms with Crippen LogP contribution in [0.4, 0.5) is 0 Å². The molecule has 6 heteroatoms. The van der Waals surface area contributed by atoms with Gasteiger partial charge in [-0.3, -0.25) is 9.69 Å². The maximum Gasteiger partial charge on any atom is 0.221 e. The van der Waals surface area contributed by atoms with Crippen molar-refractivity contribution in [3.63, 3.8) is 0 Å². The number of aryl methyl sites for hydroxylation is 1. The van der Waals surface area contributed by atoms with Gasteiger partial charge < -0.3 is 5.73 Å². The monoisotopic (exact) mass is 318 g/mol. The molecule has 1 aromatic heterocycles. The van der Waals surface area contributed by atoms with E-state index in [-0.39, 0.29) is 11.8 Å². The van der Waals surface area contributed by atoms with Gasteiger partial charge in [0.05, 0.1) is 17.3 Å². The SMILES string of the molecule is Cc1nn(-c2ccccc2)c(Cl)c1CN1CCC(C(N)=O)C1. The molecule has 1 fully saturated rings. The number of nitrogens with two attached hydrogens (primary N) is 1. The minimum absolute atomic E-state index is 0.0525. The highest BCUT2D eigenvalue weighted by Crippen LogP contribution is 2.27. The van der Waals surface area contributed by atoms with Gasteiger partial charge in [0.25, 0.3) is 0 Å². The molecule has 1 saturated heterocycles. The molecule has 2 heterocycles. The Morgan fingerprint density at radius 1 is 1.41 bits per heavy atom. The molecule has 0 aliphatic carbocycles. The number of rotatable bonds is 4. The predicted molar refractivity (Wildman–Crippen MR) is 85.9 cm³/mol. The summed E-state index contributed by atoms with van der Waals surface area (Å²) < 4.78 is 1.76. The summed E-state index contributed by atoms with van der Waals surface area (Å²) in [5.41, 5.74) is 8.25. The maximum atomic E-state index is 11.3. The Hall–Kier alpha value is -1.85. The largest absolute Gasteiger partial charge is 0.369 e. The van der Waals surface area contributed by atoms with Crippen LogP contribution >= 0.6 is 11.6 Å². The number of carbonyl (C=O) groups is 1. The van der Waals surface area contributed by atoms with Crippen LogP contribution in [-0.4, -0.2) is 33.7 Å². The van der Waals surface area contributed by atoms with Crippen molar-refractivity contribution in [3.8, 4) is 5.69 Å². The maximum absolute atomic E-state index is 11.3. The minimum atomic E-state index is -0.217. The summed E-state index contributed by atoms with van der Waals surface area (Å²) in [6.45, 7) is 4.21. The molecule has 1 unspecified atom stereocenters. The van der Waals surface area contributed by atoms with Gasteiger partial charge in [0.1, 0.15) is 5.15 Å². The number of benzene rings is 1. The van der Waals surface area contributed by atoms with E-state index in [1.54, 1.807) is 4.68 Å². The molecule has 2 N–H and O–H groups in total. The van der Waals surface area contributed by atoms with Crippen LogP contribution in [-0.2, 0) is 11.3 Å². The van der Waals surface area contributed by atoms with Crippen LogP contribution in [0.3, 0.4) is 0 Å². The lowest BCUT2D eigenvalue weighted by molar-refractivity contribution is -0.121. The van der Waals surface area contributed by atoms with Crippen LogP contribution in [0.25, 0.3) is 5.69 Å². The quantitative estimate of drug-likeness (QED) is 0.939. The number of amides is 1. The molecule has 116 valence electrons. The second-order valence-electron chi connectivity index (χ2n) is 5.73. The molecule has 0 saturated carbocycles. The number of hydrogen-bond acceptors (Lipinski definition) is 3. The normalized spacial score (nSPS) is 18.7. The zero-order chi connectivity index (χ0) is 15.7. The highest BCUT2D eigenvalue weighted by molar-refractivity contribution is 6.30. The van der Waals surface area contributed by atoms with E-state index < -0.39 is 0 Å². The fourth-order valence-corrected chi connectivity index (χ4v) is 3.22. The van der Waals surface area contributed by atoms with Crippen molar-refractivity contribution in [2.45, 2.75) is 19.9 Å². The van der Waals surface area contributed by atoms with Crippen molar-refractivity contribution in [2.75, 3.05) is 13.1 Å². The third-order valence-corrected chi connectivity index (χ3v) is 4.57. The Kier molecular flexibility index (Phi) is 4.18. The molecule has 0 radical (unpaired) electrons. The molecule has 1 aromatic carbocycles. The van der Waals surface area contributed by atoms with Gasteiger partial charge in [-0.15, -0.1) is 0 Å². The van der Waals surface area contributed by atoms with E-state index in [1.165, 1.54) is 0 Å². The van der Waals surface area contributed by atoms with Crippen LogP contribution in [0.15, 0.2) is 30.3 Å². The molecule has 1 aliphatic rings. The average molecular weight is 319 g/mol. The molecule has 5 nitrogen and oxygen atoms in total. The summed E-state index contributed by atoms with van der Waals surface area (Å²) in [6.07, 6.45) is 0.818. The predicted octanol–water partition coefficient (Wildman–Crippen LogP) is 2.14. The van der Waals surface area contributed by atoms with Gasteiger partial charge in [-0.25, -0.2) is 4.68 Å². The van der Waals surface area contributed by atoms with E-state index in [0.717, 1.165) is 29.9 Å². The Morgan fingerprint density at radius 2 is 2.14 bits per heavy atom. The van der Waals surface area contributed by atoms with E-state index in [4.69, 9.17) is 17.3 Å². The van der Waals surface area contributed by atoms with Crippen molar-refractivity contribution in [1.29, 1.82) is 0 Å². The molecule has 0 spiro atoms. The summed E-state index contributed by atoms with van der Waals surface area (Å²) in [4.78, 5) is 13.5. The van der Waals surface area contributed by atoms with Gasteiger partial charge in [0.2, 0.25) is 5.91 Å². The first-order valence-electron chi connectivity index (χ1n) is 7.37. The van der Waals surface area contributed by atoms with Crippen LogP contribution in [0.2, 0.25) is 5.15 Å². The highest BCUT2D eigenvalue weighted by atomic mass is 35.5. The van der Waals surface area contributed by atoms with Crippen LogP contribution in [0.5, 0.6) is 0 Å². The lowest BCUT2D eigenvalue weighted by Crippen LogP contribution is -2.27. The average Bonchev–Trinajstić information content (AvgIpc) is 3.09. The summed E-state index contributed by atoms with van der Waals surface area (Å²) in [7, 11) is 0. The number of carbonyl (C=O) groups excluding carboxylic acids is 1. The van der Waals surface area contributed by atoms with Crippen LogP contribution in [0.1, 0.15) is 17.7 Å². The second kappa shape index (κ2) is 6.10. The molecule has 1 aliphatic heterocycles. The second-order valence-corrected chi connectivity index (χ2v) is 6.08. The third-order valence-electron chi connectivity index (χ3n) is 4.18. The zero-order valence-corrected chi connectivity index (χ0v) is 13.3. The summed E-state index contributed by atoms with van der Waals surface area (Å²) >= 11 is 6.52. The van der Waals surface area contributed by atoms with Crippen molar-refractivity contribution in [3.05, 3.63) is 46.7 Å². The first-order chi connectivity index (χ1) is 10.6. The summed E-state index contributed by atoms with van der Waals surface area (Å²) in [6, 6.07) is 9.82. The highest BCUT2D eigenvalue weighted by Gasteiger charge is 2.28. The first kappa shape index (κ1) is 15.1. The van der Waals surface area contributed by atoms with Crippen molar-refractivity contribution < 1.29 is 4.79 Å². The fourth-order valence-electron chi connectivity index (χ4n) is 2.88. The van der Waals surface area contributed by atoms with E-state index in [9.17, 15) is 4.79 Å². The van der Waals surface area contributed by atoms with Crippen molar-refractivity contribution in [1.82, 2.24) is 14.7 Å². The number of likely N-dealkylation sites (tertiary alicyclic amines) is 1. The van der Waals surface area contributed by atoms with Gasteiger partial charge in [-0.05, 0) is 32.0 Å². The Balaban J connectivity index is 1.81. The summed E-state index contributed by atoms with van der Waals surface area (Å²) in [5, 5.41) is 5.17.